The largest absolute Gasteiger partial charge is 0.489 e. The van der Waals surface area contributed by atoms with E-state index in [0.29, 0.717) is 18.0 Å². The molecule has 6 heteroatoms. The Morgan fingerprint density at radius 2 is 1.77 bits per heavy atom. The summed E-state index contributed by atoms with van der Waals surface area (Å²) in [6.07, 6.45) is 0. The van der Waals surface area contributed by atoms with E-state index in [-0.39, 0.29) is 24.2 Å². The summed E-state index contributed by atoms with van der Waals surface area (Å²) in [5.74, 6) is -0.231. The SMILES string of the molecule is CC(C)(C)C(=O)NCC(=O)Nc1cccc(OCc2ccc(F)cc2)c1. The zero-order chi connectivity index (χ0) is 19.2. The van der Waals surface area contributed by atoms with E-state index in [1.54, 1.807) is 57.2 Å². The molecule has 138 valence electrons. The molecule has 2 N–H and O–H groups in total. The van der Waals surface area contributed by atoms with Crippen molar-refractivity contribution in [1.82, 2.24) is 5.32 Å². The average molecular weight is 358 g/mol. The van der Waals surface area contributed by atoms with Crippen molar-refractivity contribution in [3.8, 4) is 5.75 Å². The average Bonchev–Trinajstić information content (AvgIpc) is 2.58. The molecule has 0 aromatic heterocycles. The van der Waals surface area contributed by atoms with Crippen molar-refractivity contribution < 1.29 is 18.7 Å². The van der Waals surface area contributed by atoms with E-state index >= 15 is 0 Å². The molecule has 0 radical (unpaired) electrons. The lowest BCUT2D eigenvalue weighted by atomic mass is 9.96. The number of nitrogens with one attached hydrogen (secondary N) is 2. The van der Waals surface area contributed by atoms with Crippen LogP contribution in [-0.4, -0.2) is 18.4 Å². The highest BCUT2D eigenvalue weighted by Gasteiger charge is 2.21. The Kier molecular flexibility index (Phi) is 6.33. The van der Waals surface area contributed by atoms with Crippen LogP contribution in [0, 0.1) is 11.2 Å². The molecule has 2 aromatic carbocycles. The maximum Gasteiger partial charge on any atom is 0.243 e. The van der Waals surface area contributed by atoms with Crippen LogP contribution in [0.1, 0.15) is 26.3 Å². The number of carbonyl (C=O) groups is 2. The van der Waals surface area contributed by atoms with E-state index in [2.05, 4.69) is 10.6 Å². The molecule has 2 amide bonds. The fraction of sp³-hybridized carbons (Fsp3) is 0.300. The zero-order valence-corrected chi connectivity index (χ0v) is 15.1. The molecule has 0 spiro atoms. The normalized spacial score (nSPS) is 10.9. The first-order chi connectivity index (χ1) is 12.2. The van der Waals surface area contributed by atoms with Crippen molar-refractivity contribution >= 4 is 17.5 Å². The van der Waals surface area contributed by atoms with Gasteiger partial charge in [-0.1, -0.05) is 39.0 Å². The molecule has 0 aliphatic carbocycles. The first-order valence-corrected chi connectivity index (χ1v) is 8.29. The number of halogens is 1. The molecule has 0 atom stereocenters. The lowest BCUT2D eigenvalue weighted by molar-refractivity contribution is -0.130. The number of carbonyl (C=O) groups excluding carboxylic acids is 2. The van der Waals surface area contributed by atoms with Gasteiger partial charge in [-0.3, -0.25) is 9.59 Å². The van der Waals surface area contributed by atoms with Gasteiger partial charge in [0.2, 0.25) is 11.8 Å². The van der Waals surface area contributed by atoms with Crippen LogP contribution < -0.4 is 15.4 Å². The second kappa shape index (κ2) is 8.47. The topological polar surface area (TPSA) is 67.4 Å². The van der Waals surface area contributed by atoms with Crippen LogP contribution >= 0.6 is 0 Å². The minimum Gasteiger partial charge on any atom is -0.489 e. The number of hydrogen-bond acceptors (Lipinski definition) is 3. The summed E-state index contributed by atoms with van der Waals surface area (Å²) in [6.45, 7) is 5.53. The lowest BCUT2D eigenvalue weighted by Gasteiger charge is -2.17. The Bertz CT molecular complexity index is 767. The third-order valence-electron chi connectivity index (χ3n) is 3.53. The fourth-order valence-electron chi connectivity index (χ4n) is 2.04. The molecule has 0 aliphatic heterocycles. The summed E-state index contributed by atoms with van der Waals surface area (Å²) in [5.41, 5.74) is 0.858. The molecule has 2 aromatic rings. The smallest absolute Gasteiger partial charge is 0.243 e. The predicted octanol–water partition coefficient (Wildman–Crippen LogP) is 3.51. The number of anilines is 1. The van der Waals surface area contributed by atoms with Crippen molar-refractivity contribution in [3.63, 3.8) is 0 Å². The third kappa shape index (κ3) is 6.20. The third-order valence-corrected chi connectivity index (χ3v) is 3.53. The number of amides is 2. The van der Waals surface area contributed by atoms with E-state index in [1.165, 1.54) is 12.1 Å². The Labute approximate surface area is 152 Å². The molecule has 0 heterocycles. The quantitative estimate of drug-likeness (QED) is 0.830. The van der Waals surface area contributed by atoms with Gasteiger partial charge in [-0.25, -0.2) is 4.39 Å². The highest BCUT2D eigenvalue weighted by Crippen LogP contribution is 2.19. The highest BCUT2D eigenvalue weighted by molar-refractivity contribution is 5.95. The van der Waals surface area contributed by atoms with Gasteiger partial charge >= 0.3 is 0 Å². The van der Waals surface area contributed by atoms with E-state index < -0.39 is 5.41 Å². The van der Waals surface area contributed by atoms with E-state index in [1.807, 2.05) is 0 Å². The number of ether oxygens (including phenoxy) is 1. The molecule has 26 heavy (non-hydrogen) atoms. The van der Waals surface area contributed by atoms with Crippen LogP contribution in [0.4, 0.5) is 10.1 Å². The second-order valence-electron chi connectivity index (χ2n) is 6.92. The van der Waals surface area contributed by atoms with Gasteiger partial charge in [-0.15, -0.1) is 0 Å². The minimum absolute atomic E-state index is 0.100. The van der Waals surface area contributed by atoms with Gasteiger partial charge in [0.1, 0.15) is 18.2 Å². The Morgan fingerprint density at radius 1 is 1.08 bits per heavy atom. The Hall–Kier alpha value is -2.89. The predicted molar refractivity (Wildman–Crippen MR) is 98.3 cm³/mol. The standard InChI is InChI=1S/C20H23FN2O3/c1-20(2,3)19(25)22-12-18(24)23-16-5-4-6-17(11-16)26-13-14-7-9-15(21)10-8-14/h4-11H,12-13H2,1-3H3,(H,22,25)(H,23,24). The highest BCUT2D eigenvalue weighted by atomic mass is 19.1. The number of benzene rings is 2. The van der Waals surface area contributed by atoms with Crippen LogP contribution in [0.3, 0.4) is 0 Å². The van der Waals surface area contributed by atoms with E-state index in [4.69, 9.17) is 4.74 Å². The molecule has 0 saturated heterocycles. The number of rotatable bonds is 6. The van der Waals surface area contributed by atoms with Crippen molar-refractivity contribution in [2.45, 2.75) is 27.4 Å². The maximum atomic E-state index is 12.9. The molecule has 0 saturated carbocycles. The van der Waals surface area contributed by atoms with Crippen molar-refractivity contribution in [2.24, 2.45) is 5.41 Å². The van der Waals surface area contributed by atoms with Gasteiger partial charge in [-0.05, 0) is 29.8 Å². The monoisotopic (exact) mass is 358 g/mol. The molecule has 0 aliphatic rings. The van der Waals surface area contributed by atoms with Gasteiger partial charge in [0, 0.05) is 17.2 Å². The molecule has 0 fully saturated rings. The van der Waals surface area contributed by atoms with E-state index in [9.17, 15) is 14.0 Å². The van der Waals surface area contributed by atoms with Crippen LogP contribution in [-0.2, 0) is 16.2 Å². The minimum atomic E-state index is -0.547. The molecular weight excluding hydrogens is 335 g/mol. The molecular formula is C20H23FN2O3. The van der Waals surface area contributed by atoms with Gasteiger partial charge < -0.3 is 15.4 Å². The van der Waals surface area contributed by atoms with Crippen molar-refractivity contribution in [3.05, 3.63) is 59.9 Å². The zero-order valence-electron chi connectivity index (χ0n) is 15.1. The Morgan fingerprint density at radius 3 is 2.42 bits per heavy atom. The molecule has 2 rings (SSSR count). The van der Waals surface area contributed by atoms with Crippen LogP contribution in [0.2, 0.25) is 0 Å². The fourth-order valence-corrected chi connectivity index (χ4v) is 2.04. The number of hydrogen-bond donors (Lipinski definition) is 2. The maximum absolute atomic E-state index is 12.9. The van der Waals surface area contributed by atoms with Gasteiger partial charge in [0.25, 0.3) is 0 Å². The molecule has 5 nitrogen and oxygen atoms in total. The summed E-state index contributed by atoms with van der Waals surface area (Å²) in [6, 6.07) is 13.0. The Balaban J connectivity index is 1.87. The first kappa shape index (κ1) is 19.4. The van der Waals surface area contributed by atoms with E-state index in [0.717, 1.165) is 5.56 Å². The summed E-state index contributed by atoms with van der Waals surface area (Å²) in [5, 5.41) is 5.31. The van der Waals surface area contributed by atoms with Crippen LogP contribution in [0.5, 0.6) is 5.75 Å². The first-order valence-electron chi connectivity index (χ1n) is 8.29. The van der Waals surface area contributed by atoms with Crippen LogP contribution in [0.15, 0.2) is 48.5 Å². The second-order valence-corrected chi connectivity index (χ2v) is 6.92. The summed E-state index contributed by atoms with van der Waals surface area (Å²) < 4.78 is 18.5. The molecule has 0 bridgehead atoms. The van der Waals surface area contributed by atoms with Crippen molar-refractivity contribution in [2.75, 3.05) is 11.9 Å². The van der Waals surface area contributed by atoms with Gasteiger partial charge in [0.15, 0.2) is 0 Å². The molecule has 0 unspecified atom stereocenters. The van der Waals surface area contributed by atoms with Crippen molar-refractivity contribution in [1.29, 1.82) is 0 Å². The summed E-state index contributed by atoms with van der Waals surface area (Å²) >= 11 is 0. The summed E-state index contributed by atoms with van der Waals surface area (Å²) in [4.78, 5) is 23.7. The van der Waals surface area contributed by atoms with Gasteiger partial charge in [0.05, 0.1) is 6.54 Å². The lowest BCUT2D eigenvalue weighted by Crippen LogP contribution is -2.39. The summed E-state index contributed by atoms with van der Waals surface area (Å²) in [7, 11) is 0. The van der Waals surface area contributed by atoms with Gasteiger partial charge in [-0.2, -0.15) is 0 Å². The van der Waals surface area contributed by atoms with Crippen LogP contribution in [0.25, 0.3) is 0 Å².